The second-order valence-corrected chi connectivity index (χ2v) is 6.95. The SMILES string of the molecule is CCN(Cc1cc(CNC2CC2)sc1C)C(C)C. The number of hydrogen-bond acceptors (Lipinski definition) is 3. The van der Waals surface area contributed by atoms with Gasteiger partial charge in [0.2, 0.25) is 0 Å². The lowest BCUT2D eigenvalue weighted by Crippen LogP contribution is -2.29. The average molecular weight is 266 g/mol. The third-order valence-corrected chi connectivity index (χ3v) is 4.82. The van der Waals surface area contributed by atoms with Gasteiger partial charge in [-0.25, -0.2) is 0 Å². The Bertz CT molecular complexity index is 380. The zero-order valence-electron chi connectivity index (χ0n) is 12.1. The molecule has 1 saturated carbocycles. The summed E-state index contributed by atoms with van der Waals surface area (Å²) in [5.41, 5.74) is 1.52. The summed E-state index contributed by atoms with van der Waals surface area (Å²) in [6.07, 6.45) is 2.74. The van der Waals surface area contributed by atoms with Crippen molar-refractivity contribution in [2.24, 2.45) is 0 Å². The van der Waals surface area contributed by atoms with Crippen molar-refractivity contribution in [3.8, 4) is 0 Å². The fraction of sp³-hybridized carbons (Fsp3) is 0.733. The fourth-order valence-electron chi connectivity index (χ4n) is 2.24. The maximum atomic E-state index is 3.60. The molecule has 2 rings (SSSR count). The molecule has 1 heterocycles. The number of nitrogens with one attached hydrogen (secondary N) is 1. The lowest BCUT2D eigenvalue weighted by molar-refractivity contribution is 0.225. The highest BCUT2D eigenvalue weighted by Gasteiger charge is 2.20. The molecule has 2 nitrogen and oxygen atoms in total. The second kappa shape index (κ2) is 6.18. The molecule has 0 unspecified atom stereocenters. The van der Waals surface area contributed by atoms with Crippen molar-refractivity contribution in [2.45, 2.75) is 65.7 Å². The van der Waals surface area contributed by atoms with Crippen molar-refractivity contribution < 1.29 is 0 Å². The molecule has 1 fully saturated rings. The number of nitrogens with zero attached hydrogens (tertiary/aromatic N) is 1. The Labute approximate surface area is 115 Å². The van der Waals surface area contributed by atoms with E-state index in [9.17, 15) is 0 Å². The molecule has 0 bridgehead atoms. The van der Waals surface area contributed by atoms with Crippen LogP contribution in [0, 0.1) is 6.92 Å². The summed E-state index contributed by atoms with van der Waals surface area (Å²) in [7, 11) is 0. The first-order chi connectivity index (χ1) is 8.60. The van der Waals surface area contributed by atoms with E-state index in [4.69, 9.17) is 0 Å². The molecule has 0 atom stereocenters. The summed E-state index contributed by atoms with van der Waals surface area (Å²) in [5.74, 6) is 0. The molecule has 1 aromatic rings. The van der Waals surface area contributed by atoms with Crippen LogP contribution in [0.3, 0.4) is 0 Å². The largest absolute Gasteiger partial charge is 0.309 e. The molecule has 0 aromatic carbocycles. The van der Waals surface area contributed by atoms with Crippen molar-refractivity contribution in [1.29, 1.82) is 0 Å². The van der Waals surface area contributed by atoms with E-state index >= 15 is 0 Å². The van der Waals surface area contributed by atoms with Gasteiger partial charge in [0.1, 0.15) is 0 Å². The van der Waals surface area contributed by atoms with Gasteiger partial charge in [0.15, 0.2) is 0 Å². The van der Waals surface area contributed by atoms with Gasteiger partial charge in [-0.05, 0) is 51.8 Å². The maximum absolute atomic E-state index is 3.60. The summed E-state index contributed by atoms with van der Waals surface area (Å²) in [5, 5.41) is 3.60. The maximum Gasteiger partial charge on any atom is 0.0302 e. The van der Waals surface area contributed by atoms with Crippen molar-refractivity contribution in [2.75, 3.05) is 6.54 Å². The number of hydrogen-bond donors (Lipinski definition) is 1. The van der Waals surface area contributed by atoms with Crippen LogP contribution in [0.4, 0.5) is 0 Å². The van der Waals surface area contributed by atoms with Gasteiger partial charge >= 0.3 is 0 Å². The number of rotatable bonds is 7. The van der Waals surface area contributed by atoms with Crippen LogP contribution in [0.5, 0.6) is 0 Å². The smallest absolute Gasteiger partial charge is 0.0302 e. The monoisotopic (exact) mass is 266 g/mol. The van der Waals surface area contributed by atoms with Gasteiger partial charge in [-0.1, -0.05) is 6.92 Å². The molecule has 0 aliphatic heterocycles. The summed E-state index contributed by atoms with van der Waals surface area (Å²) < 4.78 is 0. The Morgan fingerprint density at radius 3 is 2.72 bits per heavy atom. The van der Waals surface area contributed by atoms with Crippen LogP contribution in [0.15, 0.2) is 6.07 Å². The molecular formula is C15H26N2S. The van der Waals surface area contributed by atoms with Gasteiger partial charge in [0.05, 0.1) is 0 Å². The molecule has 1 aliphatic carbocycles. The van der Waals surface area contributed by atoms with Gasteiger partial charge in [0, 0.05) is 34.9 Å². The quantitative estimate of drug-likeness (QED) is 0.812. The van der Waals surface area contributed by atoms with Gasteiger partial charge in [-0.3, -0.25) is 4.90 Å². The predicted octanol–water partition coefficient (Wildman–Crippen LogP) is 3.54. The number of thiophene rings is 1. The third kappa shape index (κ3) is 3.81. The van der Waals surface area contributed by atoms with Crippen LogP contribution >= 0.6 is 11.3 Å². The molecule has 0 radical (unpaired) electrons. The fourth-order valence-corrected chi connectivity index (χ4v) is 3.25. The molecule has 102 valence electrons. The van der Waals surface area contributed by atoms with E-state index in [2.05, 4.69) is 44.0 Å². The van der Waals surface area contributed by atoms with E-state index in [1.54, 1.807) is 0 Å². The van der Waals surface area contributed by atoms with Gasteiger partial charge in [-0.2, -0.15) is 0 Å². The van der Waals surface area contributed by atoms with Crippen LogP contribution < -0.4 is 5.32 Å². The van der Waals surface area contributed by atoms with Crippen LogP contribution in [-0.2, 0) is 13.1 Å². The van der Waals surface area contributed by atoms with Crippen LogP contribution in [0.1, 0.15) is 48.9 Å². The van der Waals surface area contributed by atoms with Crippen LogP contribution in [0.2, 0.25) is 0 Å². The van der Waals surface area contributed by atoms with E-state index in [0.717, 1.165) is 25.7 Å². The highest BCUT2D eigenvalue weighted by atomic mass is 32.1. The standard InChI is InChI=1S/C15H26N2S/c1-5-17(11(2)3)10-13-8-15(18-12(13)4)9-16-14-6-7-14/h8,11,14,16H,5-7,9-10H2,1-4H3. The summed E-state index contributed by atoms with van der Waals surface area (Å²) in [6, 6.07) is 3.83. The Kier molecular flexibility index (Phi) is 4.82. The minimum atomic E-state index is 0.627. The minimum absolute atomic E-state index is 0.627. The first-order valence-corrected chi connectivity index (χ1v) is 7.97. The first kappa shape index (κ1) is 14.0. The van der Waals surface area contributed by atoms with Crippen molar-refractivity contribution in [1.82, 2.24) is 10.2 Å². The molecule has 0 saturated heterocycles. The lowest BCUT2D eigenvalue weighted by Gasteiger charge is -2.24. The summed E-state index contributed by atoms with van der Waals surface area (Å²) in [4.78, 5) is 5.50. The topological polar surface area (TPSA) is 15.3 Å². The van der Waals surface area contributed by atoms with E-state index in [1.807, 2.05) is 11.3 Å². The predicted molar refractivity (Wildman–Crippen MR) is 80.1 cm³/mol. The van der Waals surface area contributed by atoms with Crippen LogP contribution in [0.25, 0.3) is 0 Å². The third-order valence-electron chi connectivity index (χ3n) is 3.72. The molecule has 1 N–H and O–H groups in total. The molecule has 1 aliphatic rings. The Hall–Kier alpha value is -0.380. The Morgan fingerprint density at radius 1 is 1.44 bits per heavy atom. The highest BCUT2D eigenvalue weighted by Crippen LogP contribution is 2.25. The first-order valence-electron chi connectivity index (χ1n) is 7.15. The zero-order chi connectivity index (χ0) is 13.1. The van der Waals surface area contributed by atoms with Gasteiger partial charge in [0.25, 0.3) is 0 Å². The zero-order valence-corrected chi connectivity index (χ0v) is 12.9. The van der Waals surface area contributed by atoms with Crippen LogP contribution in [-0.4, -0.2) is 23.5 Å². The summed E-state index contributed by atoms with van der Waals surface area (Å²) in [6.45, 7) is 12.3. The number of aryl methyl sites for hydroxylation is 1. The average Bonchev–Trinajstić information content (AvgIpc) is 3.08. The molecule has 0 spiro atoms. The lowest BCUT2D eigenvalue weighted by atomic mass is 10.2. The normalized spacial score (nSPS) is 15.9. The Balaban J connectivity index is 1.94. The molecule has 3 heteroatoms. The Morgan fingerprint density at radius 2 is 2.17 bits per heavy atom. The minimum Gasteiger partial charge on any atom is -0.309 e. The summed E-state index contributed by atoms with van der Waals surface area (Å²) >= 11 is 1.96. The van der Waals surface area contributed by atoms with Crippen molar-refractivity contribution in [3.05, 3.63) is 21.4 Å². The highest BCUT2D eigenvalue weighted by molar-refractivity contribution is 7.12. The van der Waals surface area contributed by atoms with Gasteiger partial charge in [-0.15, -0.1) is 11.3 Å². The van der Waals surface area contributed by atoms with Gasteiger partial charge < -0.3 is 5.32 Å². The van der Waals surface area contributed by atoms with Crippen molar-refractivity contribution >= 4 is 11.3 Å². The molecule has 18 heavy (non-hydrogen) atoms. The molecule has 1 aromatic heterocycles. The van der Waals surface area contributed by atoms with E-state index in [-0.39, 0.29) is 0 Å². The van der Waals surface area contributed by atoms with Crippen molar-refractivity contribution in [3.63, 3.8) is 0 Å². The van der Waals surface area contributed by atoms with E-state index in [1.165, 1.54) is 28.2 Å². The van der Waals surface area contributed by atoms with E-state index in [0.29, 0.717) is 6.04 Å². The second-order valence-electron chi connectivity index (χ2n) is 5.61. The molecule has 0 amide bonds. The van der Waals surface area contributed by atoms with E-state index < -0.39 is 0 Å². The molecular weight excluding hydrogens is 240 g/mol.